The lowest BCUT2D eigenvalue weighted by Gasteiger charge is -2.31. The van der Waals surface area contributed by atoms with Crippen LogP contribution < -0.4 is 10.6 Å². The first-order chi connectivity index (χ1) is 16.4. The predicted molar refractivity (Wildman–Crippen MR) is 131 cm³/mol. The van der Waals surface area contributed by atoms with Crippen LogP contribution >= 0.6 is 15.9 Å². The minimum absolute atomic E-state index is 0.392. The fourth-order valence-corrected chi connectivity index (χ4v) is 4.62. The van der Waals surface area contributed by atoms with E-state index in [0.29, 0.717) is 22.8 Å². The van der Waals surface area contributed by atoms with Crippen molar-refractivity contribution in [3.05, 3.63) is 106 Å². The molecular formula is C26H20BrFN4O2. The first kappa shape index (κ1) is 22.0. The molecule has 2 heterocycles. The number of carbonyl (C=O) groups excluding carboxylic acids is 2. The van der Waals surface area contributed by atoms with Crippen molar-refractivity contribution < 1.29 is 14.0 Å². The van der Waals surface area contributed by atoms with Gasteiger partial charge in [-0.3, -0.25) is 9.59 Å². The van der Waals surface area contributed by atoms with Crippen LogP contribution in [0.3, 0.4) is 0 Å². The van der Waals surface area contributed by atoms with Crippen molar-refractivity contribution in [2.75, 3.05) is 10.6 Å². The number of anilines is 2. The number of para-hydroxylation sites is 1. The number of halogens is 2. The molecule has 0 aliphatic carbocycles. The minimum Gasteiger partial charge on any atom is -0.325 e. The number of benzene rings is 3. The highest BCUT2D eigenvalue weighted by Gasteiger charge is 2.44. The number of fused-ring (bicyclic) bond motifs is 1. The summed E-state index contributed by atoms with van der Waals surface area (Å²) in [6.07, 6.45) is 0. The van der Waals surface area contributed by atoms with Crippen LogP contribution in [0.2, 0.25) is 0 Å². The van der Waals surface area contributed by atoms with Gasteiger partial charge in [0.2, 0.25) is 11.8 Å². The van der Waals surface area contributed by atoms with Gasteiger partial charge in [-0.15, -0.1) is 0 Å². The highest BCUT2D eigenvalue weighted by atomic mass is 79.9. The molecule has 0 unspecified atom stereocenters. The Morgan fingerprint density at radius 3 is 2.38 bits per heavy atom. The van der Waals surface area contributed by atoms with Gasteiger partial charge in [-0.05, 0) is 61.0 Å². The van der Waals surface area contributed by atoms with E-state index in [9.17, 15) is 14.0 Å². The molecule has 0 saturated carbocycles. The van der Waals surface area contributed by atoms with Gasteiger partial charge in [-0.2, -0.15) is 5.10 Å². The molecule has 2 N–H and O–H groups in total. The van der Waals surface area contributed by atoms with E-state index < -0.39 is 29.5 Å². The Morgan fingerprint density at radius 2 is 1.71 bits per heavy atom. The average Bonchev–Trinajstić information content (AvgIpc) is 3.16. The number of rotatable bonds is 4. The molecule has 34 heavy (non-hydrogen) atoms. The number of aromatic nitrogens is 2. The molecule has 0 radical (unpaired) electrons. The van der Waals surface area contributed by atoms with Gasteiger partial charge in [0.1, 0.15) is 17.6 Å². The molecule has 8 heteroatoms. The Kier molecular flexibility index (Phi) is 5.75. The lowest BCUT2D eigenvalue weighted by molar-refractivity contribution is -0.130. The van der Waals surface area contributed by atoms with Gasteiger partial charge in [0.25, 0.3) is 0 Å². The first-order valence-corrected chi connectivity index (χ1v) is 11.5. The topological polar surface area (TPSA) is 76.0 Å². The SMILES string of the molecule is Cc1nn(-c2ccccc2)c2c1[C@H](c1ccc(F)cc1)[C@H](C(=O)Nc1ccc(Br)cc1)C(=O)N2. The van der Waals surface area contributed by atoms with Crippen molar-refractivity contribution in [2.24, 2.45) is 5.92 Å². The van der Waals surface area contributed by atoms with Gasteiger partial charge in [0, 0.05) is 21.6 Å². The first-order valence-electron chi connectivity index (χ1n) is 10.7. The summed E-state index contributed by atoms with van der Waals surface area (Å²) in [4.78, 5) is 26.8. The fourth-order valence-electron chi connectivity index (χ4n) is 4.35. The molecule has 0 bridgehead atoms. The van der Waals surface area contributed by atoms with Crippen LogP contribution in [-0.2, 0) is 9.59 Å². The molecule has 1 aliphatic heterocycles. The van der Waals surface area contributed by atoms with E-state index in [1.54, 1.807) is 41.1 Å². The summed E-state index contributed by atoms with van der Waals surface area (Å²) in [5.41, 5.74) is 3.41. The molecule has 3 aromatic carbocycles. The van der Waals surface area contributed by atoms with Crippen molar-refractivity contribution in [1.29, 1.82) is 0 Å². The standard InChI is InChI=1S/C26H20BrFN4O2/c1-15-21-22(16-7-11-18(28)12-8-16)23(25(33)29-19-13-9-17(27)10-14-19)26(34)30-24(21)32(31-15)20-5-3-2-4-6-20/h2-14,22-23H,1H3,(H,29,33)(H,30,34)/t22-,23+/m0/s1. The second-order valence-electron chi connectivity index (χ2n) is 8.09. The highest BCUT2D eigenvalue weighted by Crippen LogP contribution is 2.43. The maximum atomic E-state index is 13.7. The zero-order valence-electron chi connectivity index (χ0n) is 18.1. The normalized spacial score (nSPS) is 17.1. The summed E-state index contributed by atoms with van der Waals surface area (Å²) in [5.74, 6) is -2.50. The van der Waals surface area contributed by atoms with Crippen molar-refractivity contribution in [3.8, 4) is 5.69 Å². The molecule has 0 saturated heterocycles. The monoisotopic (exact) mass is 518 g/mol. The van der Waals surface area contributed by atoms with E-state index in [1.165, 1.54) is 12.1 Å². The second-order valence-corrected chi connectivity index (χ2v) is 9.00. The summed E-state index contributed by atoms with van der Waals surface area (Å²) in [6, 6.07) is 22.4. The van der Waals surface area contributed by atoms with Crippen molar-refractivity contribution >= 4 is 39.2 Å². The van der Waals surface area contributed by atoms with Gasteiger partial charge >= 0.3 is 0 Å². The van der Waals surface area contributed by atoms with Crippen LogP contribution in [0.4, 0.5) is 15.9 Å². The number of hydrogen-bond donors (Lipinski definition) is 2. The Labute approximate surface area is 203 Å². The lowest BCUT2D eigenvalue weighted by atomic mass is 9.77. The largest absolute Gasteiger partial charge is 0.325 e. The summed E-state index contributed by atoms with van der Waals surface area (Å²) >= 11 is 3.37. The van der Waals surface area contributed by atoms with Gasteiger partial charge < -0.3 is 10.6 Å². The van der Waals surface area contributed by atoms with E-state index >= 15 is 0 Å². The number of nitrogens with one attached hydrogen (secondary N) is 2. The van der Waals surface area contributed by atoms with E-state index in [0.717, 1.165) is 15.7 Å². The molecule has 1 aromatic heterocycles. The third kappa shape index (κ3) is 4.01. The van der Waals surface area contributed by atoms with E-state index in [2.05, 4.69) is 31.7 Å². The van der Waals surface area contributed by atoms with Crippen LogP contribution in [-0.4, -0.2) is 21.6 Å². The number of aryl methyl sites for hydroxylation is 1. The minimum atomic E-state index is -1.08. The summed E-state index contributed by atoms with van der Waals surface area (Å²) < 4.78 is 16.3. The number of amides is 2. The molecule has 1 aliphatic rings. The molecule has 0 spiro atoms. The highest BCUT2D eigenvalue weighted by molar-refractivity contribution is 9.10. The van der Waals surface area contributed by atoms with E-state index in [-0.39, 0.29) is 0 Å². The van der Waals surface area contributed by atoms with Crippen LogP contribution in [0, 0.1) is 18.7 Å². The summed E-state index contributed by atoms with van der Waals surface area (Å²) in [5, 5.41) is 10.4. The Hall–Kier alpha value is -3.78. The third-order valence-electron chi connectivity index (χ3n) is 5.90. The fraction of sp³-hybridized carbons (Fsp3) is 0.115. The lowest BCUT2D eigenvalue weighted by Crippen LogP contribution is -2.42. The zero-order chi connectivity index (χ0) is 23.8. The van der Waals surface area contributed by atoms with Crippen molar-refractivity contribution in [1.82, 2.24) is 9.78 Å². The Balaban J connectivity index is 1.62. The van der Waals surface area contributed by atoms with Crippen molar-refractivity contribution in [3.63, 3.8) is 0 Å². The van der Waals surface area contributed by atoms with Gasteiger partial charge in [0.15, 0.2) is 0 Å². The Morgan fingerprint density at radius 1 is 1.03 bits per heavy atom. The van der Waals surface area contributed by atoms with Gasteiger partial charge in [-0.25, -0.2) is 9.07 Å². The third-order valence-corrected chi connectivity index (χ3v) is 6.43. The van der Waals surface area contributed by atoms with Gasteiger partial charge in [0.05, 0.1) is 11.4 Å². The zero-order valence-corrected chi connectivity index (χ0v) is 19.7. The molecule has 2 amide bonds. The van der Waals surface area contributed by atoms with Crippen LogP contribution in [0.5, 0.6) is 0 Å². The molecule has 0 fully saturated rings. The molecular weight excluding hydrogens is 499 g/mol. The number of nitrogens with zero attached hydrogens (tertiary/aromatic N) is 2. The molecule has 4 aromatic rings. The summed E-state index contributed by atoms with van der Waals surface area (Å²) in [6.45, 7) is 1.84. The maximum absolute atomic E-state index is 13.7. The maximum Gasteiger partial charge on any atom is 0.239 e. The van der Waals surface area contributed by atoms with Gasteiger partial charge in [-0.1, -0.05) is 46.3 Å². The van der Waals surface area contributed by atoms with E-state index in [4.69, 9.17) is 0 Å². The quantitative estimate of drug-likeness (QED) is 0.354. The molecule has 5 rings (SSSR count). The molecule has 2 atom stereocenters. The Bertz CT molecular complexity index is 1370. The molecule has 170 valence electrons. The van der Waals surface area contributed by atoms with Crippen LogP contribution in [0.1, 0.15) is 22.7 Å². The van der Waals surface area contributed by atoms with E-state index in [1.807, 2.05) is 37.3 Å². The second kappa shape index (κ2) is 8.87. The smallest absolute Gasteiger partial charge is 0.239 e. The number of hydrogen-bond acceptors (Lipinski definition) is 3. The van der Waals surface area contributed by atoms with Crippen LogP contribution in [0.15, 0.2) is 83.3 Å². The number of carbonyl (C=O) groups is 2. The van der Waals surface area contributed by atoms with Crippen LogP contribution in [0.25, 0.3) is 5.69 Å². The van der Waals surface area contributed by atoms with Crippen molar-refractivity contribution in [2.45, 2.75) is 12.8 Å². The average molecular weight is 519 g/mol. The molecule has 6 nitrogen and oxygen atoms in total. The predicted octanol–water partition coefficient (Wildman–Crippen LogP) is 5.42. The summed E-state index contributed by atoms with van der Waals surface area (Å²) in [7, 11) is 0.